The molecule has 0 atom stereocenters. The molecule has 3 nitrogen and oxygen atoms in total. The first-order valence-electron chi connectivity index (χ1n) is 2.64. The summed E-state index contributed by atoms with van der Waals surface area (Å²) < 4.78 is 4.32. The molecule has 4 heteroatoms. The van der Waals surface area contributed by atoms with E-state index in [1.54, 1.807) is 0 Å². The largest absolute Gasteiger partial charge is 0.462 e. The Bertz CT molecular complexity index is 153. The fraction of sp³-hybridized carbons (Fsp3) is 0.333. The molecule has 0 heterocycles. The van der Waals surface area contributed by atoms with Gasteiger partial charge in [-0.3, -0.25) is 4.79 Å². The Labute approximate surface area is 67.2 Å². The van der Waals surface area contributed by atoms with E-state index in [1.807, 2.05) is 0 Å². The van der Waals surface area contributed by atoms with Crippen LogP contribution in [0.4, 0.5) is 0 Å². The zero-order valence-corrected chi connectivity index (χ0v) is 6.89. The summed E-state index contributed by atoms with van der Waals surface area (Å²) in [5.74, 6) is -0.506. The number of esters is 1. The highest BCUT2D eigenvalue weighted by molar-refractivity contribution is 9.18. The van der Waals surface area contributed by atoms with E-state index >= 15 is 0 Å². The number of halogens is 1. The highest BCUT2D eigenvalue weighted by Gasteiger charge is 1.97. The Morgan fingerprint density at radius 1 is 1.60 bits per heavy atom. The molecule has 0 spiro atoms. The molecule has 0 bridgehead atoms. The lowest BCUT2D eigenvalue weighted by atomic mass is 10.5. The van der Waals surface area contributed by atoms with Gasteiger partial charge in [-0.15, -0.1) is 0 Å². The monoisotopic (exact) mass is 206 g/mol. The molecule has 10 heavy (non-hydrogen) atoms. The molecule has 0 aliphatic carbocycles. The second-order valence-electron chi connectivity index (χ2n) is 1.48. The Hall–Kier alpha value is -0.640. The topological polar surface area (TPSA) is 43.4 Å². The second kappa shape index (κ2) is 5.17. The first kappa shape index (κ1) is 9.36. The normalized spacial score (nSPS) is 8.50. The average Bonchev–Trinajstić information content (AvgIpc) is 1.87. The van der Waals surface area contributed by atoms with Crippen molar-refractivity contribution in [3.05, 3.63) is 12.7 Å². The molecular weight excluding hydrogens is 200 g/mol. The quantitative estimate of drug-likeness (QED) is 0.392. The third-order valence-electron chi connectivity index (χ3n) is 0.710. The van der Waals surface area contributed by atoms with Gasteiger partial charge in [-0.1, -0.05) is 6.58 Å². The fourth-order valence-corrected chi connectivity index (χ4v) is 0.453. The van der Waals surface area contributed by atoms with Gasteiger partial charge in [0.15, 0.2) is 0 Å². The molecule has 0 saturated carbocycles. The van der Waals surface area contributed by atoms with Crippen molar-refractivity contribution < 1.29 is 14.3 Å². The highest BCUT2D eigenvalue weighted by Crippen LogP contribution is 1.92. The van der Waals surface area contributed by atoms with Crippen LogP contribution in [-0.4, -0.2) is 17.3 Å². The van der Waals surface area contributed by atoms with Gasteiger partial charge in [0.2, 0.25) is 4.69 Å². The van der Waals surface area contributed by atoms with E-state index in [4.69, 9.17) is 0 Å². The Kier molecular flexibility index (Phi) is 4.84. The van der Waals surface area contributed by atoms with Crippen LogP contribution in [0.1, 0.15) is 6.42 Å². The average molecular weight is 207 g/mol. The minimum absolute atomic E-state index is 0.106. The number of rotatable bonds is 4. The summed E-state index contributed by atoms with van der Waals surface area (Å²) in [6.45, 7) is 3.29. The van der Waals surface area contributed by atoms with Crippen molar-refractivity contribution >= 4 is 26.6 Å². The van der Waals surface area contributed by atoms with Crippen molar-refractivity contribution in [1.82, 2.24) is 0 Å². The summed E-state index contributed by atoms with van der Waals surface area (Å²) in [6, 6.07) is 0. The van der Waals surface area contributed by atoms with Crippen molar-refractivity contribution in [2.45, 2.75) is 6.42 Å². The number of hydrogen-bond donors (Lipinski definition) is 0. The number of carbonyl (C=O) groups is 2. The number of ether oxygens (including phenoxy) is 1. The van der Waals surface area contributed by atoms with Gasteiger partial charge >= 0.3 is 5.97 Å². The van der Waals surface area contributed by atoms with Crippen LogP contribution in [0.2, 0.25) is 0 Å². The molecule has 56 valence electrons. The lowest BCUT2D eigenvalue weighted by molar-refractivity contribution is -0.138. The predicted molar refractivity (Wildman–Crippen MR) is 39.7 cm³/mol. The summed E-state index contributed by atoms with van der Waals surface area (Å²) in [5, 5.41) is 0. The molecule has 0 aromatic carbocycles. The molecule has 0 radical (unpaired) electrons. The van der Waals surface area contributed by atoms with Crippen LogP contribution in [0.25, 0.3) is 0 Å². The van der Waals surface area contributed by atoms with Gasteiger partial charge < -0.3 is 4.74 Å². The second-order valence-corrected chi connectivity index (χ2v) is 2.36. The van der Waals surface area contributed by atoms with E-state index in [0.29, 0.717) is 0 Å². The third-order valence-corrected chi connectivity index (χ3v) is 1.11. The maximum atomic E-state index is 10.3. The van der Waals surface area contributed by atoms with Crippen LogP contribution in [0.5, 0.6) is 0 Å². The van der Waals surface area contributed by atoms with E-state index in [2.05, 4.69) is 27.2 Å². The lowest BCUT2D eigenvalue weighted by Crippen LogP contribution is -2.03. The van der Waals surface area contributed by atoms with Crippen LogP contribution in [-0.2, 0) is 14.3 Å². The highest BCUT2D eigenvalue weighted by atomic mass is 79.9. The van der Waals surface area contributed by atoms with Gasteiger partial charge in [0.05, 0.1) is 13.0 Å². The first-order chi connectivity index (χ1) is 4.66. The summed E-state index contributed by atoms with van der Waals surface area (Å²) in [6.07, 6.45) is 1.25. The standard InChI is InChI=1S/C6H7BrO3/c1-2-6(9)10-4-3-5(7)8/h2H,1,3-4H2. The summed E-state index contributed by atoms with van der Waals surface area (Å²) in [5.41, 5.74) is 0. The SMILES string of the molecule is C=CC(=O)OCCC(=O)Br. The molecule has 0 aliphatic heterocycles. The molecule has 0 N–H and O–H groups in total. The molecular formula is C6H7BrO3. The fourth-order valence-electron chi connectivity index (χ4n) is 0.291. The summed E-state index contributed by atoms with van der Waals surface area (Å²) in [4.78, 5) is 20.5. The maximum Gasteiger partial charge on any atom is 0.330 e. The molecule has 0 fully saturated rings. The van der Waals surface area contributed by atoms with Crippen molar-refractivity contribution in [3.63, 3.8) is 0 Å². The molecule has 0 aromatic heterocycles. The first-order valence-corrected chi connectivity index (χ1v) is 3.43. The molecule has 0 aromatic rings. The number of hydrogen-bond acceptors (Lipinski definition) is 3. The minimum atomic E-state index is -0.506. The number of carbonyl (C=O) groups excluding carboxylic acids is 2. The van der Waals surface area contributed by atoms with E-state index < -0.39 is 5.97 Å². The zero-order chi connectivity index (χ0) is 7.98. The van der Waals surface area contributed by atoms with Crippen molar-refractivity contribution in [2.24, 2.45) is 0 Å². The van der Waals surface area contributed by atoms with Gasteiger partial charge in [-0.05, 0) is 15.9 Å². The maximum absolute atomic E-state index is 10.3. The van der Waals surface area contributed by atoms with Crippen molar-refractivity contribution in [1.29, 1.82) is 0 Å². The third kappa shape index (κ3) is 5.50. The Morgan fingerprint density at radius 3 is 2.60 bits per heavy atom. The zero-order valence-electron chi connectivity index (χ0n) is 5.30. The molecule has 0 unspecified atom stereocenters. The van der Waals surface area contributed by atoms with Gasteiger partial charge in [-0.25, -0.2) is 4.79 Å². The molecule has 0 aliphatic rings. The molecule has 0 saturated heterocycles. The minimum Gasteiger partial charge on any atom is -0.462 e. The molecule has 0 rings (SSSR count). The van der Waals surface area contributed by atoms with Gasteiger partial charge in [0.25, 0.3) is 0 Å². The van der Waals surface area contributed by atoms with Crippen LogP contribution < -0.4 is 0 Å². The van der Waals surface area contributed by atoms with Crippen molar-refractivity contribution in [2.75, 3.05) is 6.61 Å². The lowest BCUT2D eigenvalue weighted by Gasteiger charge is -1.96. The Morgan fingerprint density at radius 2 is 2.20 bits per heavy atom. The summed E-state index contributed by atoms with van der Waals surface area (Å²) in [7, 11) is 0. The van der Waals surface area contributed by atoms with Crippen LogP contribution >= 0.6 is 15.9 Å². The van der Waals surface area contributed by atoms with Crippen LogP contribution in [0.15, 0.2) is 12.7 Å². The van der Waals surface area contributed by atoms with Crippen LogP contribution in [0, 0.1) is 0 Å². The summed E-state index contributed by atoms with van der Waals surface area (Å²) >= 11 is 2.69. The Balaban J connectivity index is 3.28. The van der Waals surface area contributed by atoms with E-state index in [9.17, 15) is 9.59 Å². The molecule has 0 amide bonds. The van der Waals surface area contributed by atoms with Gasteiger partial charge in [0, 0.05) is 6.08 Å². The van der Waals surface area contributed by atoms with Crippen molar-refractivity contribution in [3.8, 4) is 0 Å². The van der Waals surface area contributed by atoms with E-state index in [-0.39, 0.29) is 17.7 Å². The van der Waals surface area contributed by atoms with Crippen LogP contribution in [0.3, 0.4) is 0 Å². The predicted octanol–water partition coefficient (Wildman–Crippen LogP) is 1.03. The van der Waals surface area contributed by atoms with E-state index in [1.165, 1.54) is 0 Å². The van der Waals surface area contributed by atoms with E-state index in [0.717, 1.165) is 6.08 Å². The van der Waals surface area contributed by atoms with Gasteiger partial charge in [0.1, 0.15) is 0 Å². The van der Waals surface area contributed by atoms with Gasteiger partial charge in [-0.2, -0.15) is 0 Å². The smallest absolute Gasteiger partial charge is 0.330 e.